The van der Waals surface area contributed by atoms with Gasteiger partial charge in [0.15, 0.2) is 5.75 Å². The summed E-state index contributed by atoms with van der Waals surface area (Å²) in [5.41, 5.74) is 2.06. The van der Waals surface area contributed by atoms with Gasteiger partial charge in [0.05, 0.1) is 13.7 Å². The third kappa shape index (κ3) is 2.64. The van der Waals surface area contributed by atoms with Crippen LogP contribution in [0.5, 0.6) is 11.6 Å². The van der Waals surface area contributed by atoms with Crippen molar-refractivity contribution in [2.24, 2.45) is 0 Å². The second kappa shape index (κ2) is 5.87. The molecule has 0 atom stereocenters. The first kappa shape index (κ1) is 12.9. The standard InChI is InChI=1S/C14H14BrNO2/c1-3-18-14-12(17-2)9-11(13(15)16-14)10-7-5-4-6-8-10/h4-9H,3H2,1-2H3. The average molecular weight is 308 g/mol. The van der Waals surface area contributed by atoms with Crippen molar-refractivity contribution in [3.63, 3.8) is 0 Å². The maximum Gasteiger partial charge on any atom is 0.258 e. The first-order valence-corrected chi connectivity index (χ1v) is 6.48. The van der Waals surface area contributed by atoms with Crippen LogP contribution in [0, 0.1) is 0 Å². The van der Waals surface area contributed by atoms with Gasteiger partial charge in [-0.25, -0.2) is 4.98 Å². The second-order valence-corrected chi connectivity index (χ2v) is 4.38. The lowest BCUT2D eigenvalue weighted by atomic mass is 10.1. The van der Waals surface area contributed by atoms with Crippen LogP contribution < -0.4 is 9.47 Å². The number of hydrogen-bond donors (Lipinski definition) is 0. The molecule has 0 bridgehead atoms. The maximum atomic E-state index is 5.43. The molecule has 1 aromatic carbocycles. The summed E-state index contributed by atoms with van der Waals surface area (Å²) >= 11 is 3.47. The van der Waals surface area contributed by atoms with Crippen molar-refractivity contribution in [3.8, 4) is 22.8 Å². The third-order valence-corrected chi connectivity index (χ3v) is 3.10. The fourth-order valence-corrected chi connectivity index (χ4v) is 2.17. The largest absolute Gasteiger partial charge is 0.491 e. The van der Waals surface area contributed by atoms with E-state index in [1.165, 1.54) is 0 Å². The molecular formula is C14H14BrNO2. The monoisotopic (exact) mass is 307 g/mol. The van der Waals surface area contributed by atoms with Crippen LogP contribution in [0.25, 0.3) is 11.1 Å². The molecule has 4 heteroatoms. The smallest absolute Gasteiger partial charge is 0.258 e. The summed E-state index contributed by atoms with van der Waals surface area (Å²) < 4.78 is 11.5. The number of pyridine rings is 1. The molecule has 0 saturated heterocycles. The Hall–Kier alpha value is -1.55. The molecule has 3 nitrogen and oxygen atoms in total. The normalized spacial score (nSPS) is 10.2. The molecule has 0 saturated carbocycles. The minimum atomic E-state index is 0.506. The highest BCUT2D eigenvalue weighted by molar-refractivity contribution is 9.10. The van der Waals surface area contributed by atoms with E-state index in [9.17, 15) is 0 Å². The lowest BCUT2D eigenvalue weighted by Crippen LogP contribution is -1.99. The number of benzene rings is 1. The van der Waals surface area contributed by atoms with Gasteiger partial charge < -0.3 is 9.47 Å². The number of hydrogen-bond acceptors (Lipinski definition) is 3. The van der Waals surface area contributed by atoms with E-state index in [1.54, 1.807) is 7.11 Å². The van der Waals surface area contributed by atoms with Crippen LogP contribution in [-0.4, -0.2) is 18.7 Å². The van der Waals surface area contributed by atoms with Crippen LogP contribution in [-0.2, 0) is 0 Å². The van der Waals surface area contributed by atoms with E-state index < -0.39 is 0 Å². The molecule has 0 radical (unpaired) electrons. The highest BCUT2D eigenvalue weighted by Gasteiger charge is 2.12. The summed E-state index contributed by atoms with van der Waals surface area (Å²) in [5, 5.41) is 0. The molecule has 18 heavy (non-hydrogen) atoms. The summed E-state index contributed by atoms with van der Waals surface area (Å²) in [4.78, 5) is 4.38. The Morgan fingerprint density at radius 1 is 1.22 bits per heavy atom. The highest BCUT2D eigenvalue weighted by atomic mass is 79.9. The van der Waals surface area contributed by atoms with Gasteiger partial charge in [-0.15, -0.1) is 0 Å². The molecule has 0 N–H and O–H groups in total. The number of rotatable bonds is 4. The van der Waals surface area contributed by atoms with Gasteiger partial charge in [-0.3, -0.25) is 0 Å². The van der Waals surface area contributed by atoms with E-state index in [0.717, 1.165) is 15.7 Å². The number of halogens is 1. The molecule has 94 valence electrons. The molecule has 0 spiro atoms. The Morgan fingerprint density at radius 3 is 2.56 bits per heavy atom. The van der Waals surface area contributed by atoms with Gasteiger partial charge in [-0.05, 0) is 34.5 Å². The molecule has 2 rings (SSSR count). The van der Waals surface area contributed by atoms with E-state index in [4.69, 9.17) is 9.47 Å². The Morgan fingerprint density at radius 2 is 1.94 bits per heavy atom. The third-order valence-electron chi connectivity index (χ3n) is 2.49. The van der Waals surface area contributed by atoms with Crippen molar-refractivity contribution < 1.29 is 9.47 Å². The van der Waals surface area contributed by atoms with E-state index in [2.05, 4.69) is 20.9 Å². The minimum Gasteiger partial charge on any atom is -0.491 e. The molecule has 0 unspecified atom stereocenters. The Labute approximate surface area is 115 Å². The first-order valence-electron chi connectivity index (χ1n) is 5.69. The zero-order valence-electron chi connectivity index (χ0n) is 10.3. The quantitative estimate of drug-likeness (QED) is 0.802. The molecule has 0 amide bonds. The van der Waals surface area contributed by atoms with Crippen LogP contribution in [0.2, 0.25) is 0 Å². The predicted octanol–water partition coefficient (Wildman–Crippen LogP) is 3.92. The van der Waals surface area contributed by atoms with E-state index in [0.29, 0.717) is 18.2 Å². The molecule has 0 aliphatic rings. The molecule has 0 fully saturated rings. The molecule has 0 aliphatic heterocycles. The Kier molecular flexibility index (Phi) is 4.20. The zero-order valence-corrected chi connectivity index (χ0v) is 11.9. The average Bonchev–Trinajstić information content (AvgIpc) is 2.40. The summed E-state index contributed by atoms with van der Waals surface area (Å²) in [5.74, 6) is 1.14. The summed E-state index contributed by atoms with van der Waals surface area (Å²) in [6.45, 7) is 2.47. The van der Waals surface area contributed by atoms with Crippen LogP contribution in [0.1, 0.15) is 6.92 Å². The van der Waals surface area contributed by atoms with Gasteiger partial charge in [-0.1, -0.05) is 30.3 Å². The van der Waals surface area contributed by atoms with Crippen molar-refractivity contribution in [1.82, 2.24) is 4.98 Å². The molecule has 1 aromatic heterocycles. The first-order chi connectivity index (χ1) is 8.76. The van der Waals surface area contributed by atoms with Gasteiger partial charge in [0.2, 0.25) is 0 Å². The molecule has 0 aliphatic carbocycles. The fourth-order valence-electron chi connectivity index (χ4n) is 1.66. The van der Waals surface area contributed by atoms with Crippen molar-refractivity contribution in [3.05, 3.63) is 41.0 Å². The lowest BCUT2D eigenvalue weighted by molar-refractivity contribution is 0.298. The summed E-state index contributed by atoms with van der Waals surface area (Å²) in [6.07, 6.45) is 0. The predicted molar refractivity (Wildman–Crippen MR) is 75.1 cm³/mol. The van der Waals surface area contributed by atoms with E-state index in [-0.39, 0.29) is 0 Å². The second-order valence-electron chi connectivity index (χ2n) is 3.63. The number of aromatic nitrogens is 1. The van der Waals surface area contributed by atoms with Gasteiger partial charge in [0.25, 0.3) is 5.88 Å². The van der Waals surface area contributed by atoms with Crippen molar-refractivity contribution in [2.45, 2.75) is 6.92 Å². The van der Waals surface area contributed by atoms with Crippen molar-refractivity contribution >= 4 is 15.9 Å². The van der Waals surface area contributed by atoms with Crippen LogP contribution in [0.15, 0.2) is 41.0 Å². The van der Waals surface area contributed by atoms with Gasteiger partial charge in [0.1, 0.15) is 4.60 Å². The van der Waals surface area contributed by atoms with Crippen LogP contribution in [0.4, 0.5) is 0 Å². The van der Waals surface area contributed by atoms with Crippen molar-refractivity contribution in [2.75, 3.05) is 13.7 Å². The van der Waals surface area contributed by atoms with E-state index in [1.807, 2.05) is 43.3 Å². The Balaban J connectivity index is 2.50. The minimum absolute atomic E-state index is 0.506. The lowest BCUT2D eigenvalue weighted by Gasteiger charge is -2.11. The number of ether oxygens (including phenoxy) is 2. The topological polar surface area (TPSA) is 31.4 Å². The molecule has 2 aromatic rings. The van der Waals surface area contributed by atoms with Crippen LogP contribution >= 0.6 is 15.9 Å². The van der Waals surface area contributed by atoms with Crippen molar-refractivity contribution in [1.29, 1.82) is 0 Å². The van der Waals surface area contributed by atoms with Crippen LogP contribution in [0.3, 0.4) is 0 Å². The summed E-state index contributed by atoms with van der Waals surface area (Å²) in [7, 11) is 1.61. The zero-order chi connectivity index (χ0) is 13.0. The molecular weight excluding hydrogens is 294 g/mol. The van der Waals surface area contributed by atoms with Gasteiger partial charge >= 0.3 is 0 Å². The fraction of sp³-hybridized carbons (Fsp3) is 0.214. The van der Waals surface area contributed by atoms with Gasteiger partial charge in [-0.2, -0.15) is 0 Å². The number of nitrogens with zero attached hydrogens (tertiary/aromatic N) is 1. The maximum absolute atomic E-state index is 5.43. The Bertz CT molecular complexity index is 529. The highest BCUT2D eigenvalue weighted by Crippen LogP contribution is 2.35. The molecule has 1 heterocycles. The van der Waals surface area contributed by atoms with E-state index >= 15 is 0 Å². The number of methoxy groups -OCH3 is 1. The SMILES string of the molecule is CCOc1nc(Br)c(-c2ccccc2)cc1OC. The van der Waals surface area contributed by atoms with Gasteiger partial charge in [0, 0.05) is 5.56 Å². The summed E-state index contributed by atoms with van der Waals surface area (Å²) in [6, 6.07) is 12.0.